The Morgan fingerprint density at radius 1 is 1.19 bits per heavy atom. The van der Waals surface area contributed by atoms with E-state index >= 15 is 0 Å². The molecule has 0 fully saturated rings. The van der Waals surface area contributed by atoms with Crippen LogP contribution >= 0.6 is 51.3 Å². The number of hydrogen-bond acceptors (Lipinski definition) is 2. The van der Waals surface area contributed by atoms with Gasteiger partial charge in [0.05, 0.1) is 38.4 Å². The predicted molar refractivity (Wildman–Crippen MR) is 90.9 cm³/mol. The van der Waals surface area contributed by atoms with Crippen molar-refractivity contribution in [3.63, 3.8) is 0 Å². The first-order valence-corrected chi connectivity index (χ1v) is 7.77. The lowest BCUT2D eigenvalue weighted by Crippen LogP contribution is -1.96. The van der Waals surface area contributed by atoms with Crippen LogP contribution in [-0.4, -0.2) is 9.55 Å². The molecule has 7 heteroatoms. The summed E-state index contributed by atoms with van der Waals surface area (Å²) in [5, 5.41) is 9.86. The molecule has 3 nitrogen and oxygen atoms in total. The molecule has 0 atom stereocenters. The lowest BCUT2D eigenvalue weighted by Gasteiger charge is -2.09. The molecule has 21 heavy (non-hydrogen) atoms. The highest BCUT2D eigenvalue weighted by Gasteiger charge is 2.14. The Morgan fingerprint density at radius 2 is 1.95 bits per heavy atom. The van der Waals surface area contributed by atoms with Gasteiger partial charge >= 0.3 is 0 Å². The quantitative estimate of drug-likeness (QED) is 0.426. The fourth-order valence-corrected chi connectivity index (χ4v) is 3.26. The number of nitriles is 1. The Kier molecular flexibility index (Phi) is 3.80. The van der Waals surface area contributed by atoms with Crippen LogP contribution in [0, 0.1) is 16.1 Å². The number of fused-ring (bicyclic) bond motifs is 1. The van der Waals surface area contributed by atoms with Gasteiger partial charge in [0, 0.05) is 4.47 Å². The monoisotopic (exact) mass is 397 g/mol. The zero-order valence-corrected chi connectivity index (χ0v) is 14.2. The van der Waals surface area contributed by atoms with Crippen molar-refractivity contribution in [3.8, 4) is 11.8 Å². The van der Waals surface area contributed by atoms with Crippen LogP contribution in [0.15, 0.2) is 34.8 Å². The van der Waals surface area contributed by atoms with Crippen LogP contribution in [0.3, 0.4) is 0 Å². The molecule has 1 N–H and O–H groups in total. The Hall–Kier alpha value is -1.32. The molecule has 0 radical (unpaired) electrons. The molecule has 0 bridgehead atoms. The van der Waals surface area contributed by atoms with Crippen molar-refractivity contribution in [2.75, 3.05) is 0 Å². The number of nitrogens with zero attached hydrogens (tertiary/aromatic N) is 2. The van der Waals surface area contributed by atoms with E-state index in [4.69, 9.17) is 40.7 Å². The second-order valence-electron chi connectivity index (χ2n) is 4.30. The largest absolute Gasteiger partial charge is 0.330 e. The first-order valence-electron chi connectivity index (χ1n) is 5.81. The maximum atomic E-state index is 9.05. The highest BCUT2D eigenvalue weighted by atomic mass is 79.9. The van der Waals surface area contributed by atoms with Gasteiger partial charge in [-0.3, -0.25) is 4.57 Å². The highest BCUT2D eigenvalue weighted by molar-refractivity contribution is 9.10. The summed E-state index contributed by atoms with van der Waals surface area (Å²) in [7, 11) is 0. The summed E-state index contributed by atoms with van der Waals surface area (Å²) >= 11 is 21.2. The first kappa shape index (κ1) is 14.6. The Balaban J connectivity index is 2.40. The minimum absolute atomic E-state index is 0.394. The van der Waals surface area contributed by atoms with E-state index in [1.54, 1.807) is 22.8 Å². The molecule has 0 aliphatic heterocycles. The SMILES string of the molecule is N#Cc1ccc2[nH]c(=S)n(-c3ccc(Br)c(Cl)c3Cl)c2c1. The number of aromatic nitrogens is 2. The van der Waals surface area contributed by atoms with Crippen molar-refractivity contribution in [3.05, 3.63) is 55.2 Å². The van der Waals surface area contributed by atoms with Gasteiger partial charge < -0.3 is 4.98 Å². The average Bonchev–Trinajstić information content (AvgIpc) is 2.80. The normalized spacial score (nSPS) is 10.8. The fraction of sp³-hybridized carbons (Fsp3) is 0. The number of halogens is 3. The summed E-state index contributed by atoms with van der Waals surface area (Å²) < 4.78 is 2.97. The third kappa shape index (κ3) is 2.39. The van der Waals surface area contributed by atoms with E-state index < -0.39 is 0 Å². The van der Waals surface area contributed by atoms with E-state index in [2.05, 4.69) is 27.0 Å². The molecular formula is C14H6BrCl2N3S. The Bertz CT molecular complexity index is 969. The number of rotatable bonds is 1. The molecule has 0 unspecified atom stereocenters. The second-order valence-corrected chi connectivity index (χ2v) is 6.30. The Labute approximate surface area is 143 Å². The van der Waals surface area contributed by atoms with Crippen molar-refractivity contribution < 1.29 is 0 Å². The van der Waals surface area contributed by atoms with Crippen LogP contribution in [0.2, 0.25) is 10.0 Å². The summed E-state index contributed by atoms with van der Waals surface area (Å²) in [4.78, 5) is 3.09. The molecule has 1 aromatic heterocycles. The third-order valence-electron chi connectivity index (χ3n) is 3.07. The van der Waals surface area contributed by atoms with Crippen molar-refractivity contribution in [1.29, 1.82) is 5.26 Å². The molecule has 3 aromatic rings. The number of hydrogen-bond donors (Lipinski definition) is 1. The number of aromatic amines is 1. The maximum Gasteiger partial charge on any atom is 0.182 e. The average molecular weight is 399 g/mol. The van der Waals surface area contributed by atoms with Gasteiger partial charge in [0.2, 0.25) is 0 Å². The van der Waals surface area contributed by atoms with Crippen molar-refractivity contribution in [2.24, 2.45) is 0 Å². The summed E-state index contributed by atoms with van der Waals surface area (Å²) in [5.41, 5.74) is 2.81. The minimum atomic E-state index is 0.394. The van der Waals surface area contributed by atoms with E-state index in [9.17, 15) is 0 Å². The van der Waals surface area contributed by atoms with E-state index in [0.29, 0.717) is 30.5 Å². The van der Waals surface area contributed by atoms with Crippen LogP contribution in [0.1, 0.15) is 5.56 Å². The van der Waals surface area contributed by atoms with Gasteiger partial charge in [-0.15, -0.1) is 0 Å². The van der Waals surface area contributed by atoms with Gasteiger partial charge in [0.25, 0.3) is 0 Å². The van der Waals surface area contributed by atoms with E-state index in [0.717, 1.165) is 11.0 Å². The summed E-state index contributed by atoms with van der Waals surface area (Å²) in [6.45, 7) is 0. The van der Waals surface area contributed by atoms with Gasteiger partial charge in [0.1, 0.15) is 0 Å². The zero-order chi connectivity index (χ0) is 15.1. The molecule has 0 amide bonds. The third-order valence-corrected chi connectivity index (χ3v) is 5.11. The van der Waals surface area contributed by atoms with Crippen LogP contribution in [-0.2, 0) is 0 Å². The van der Waals surface area contributed by atoms with Gasteiger partial charge in [-0.05, 0) is 58.5 Å². The van der Waals surface area contributed by atoms with Gasteiger partial charge in [0.15, 0.2) is 4.77 Å². The van der Waals surface area contributed by atoms with E-state index in [-0.39, 0.29) is 0 Å². The molecule has 0 aliphatic carbocycles. The zero-order valence-electron chi connectivity index (χ0n) is 10.3. The van der Waals surface area contributed by atoms with Gasteiger partial charge in [-0.1, -0.05) is 23.2 Å². The predicted octanol–water partition coefficient (Wildman–Crippen LogP) is 5.63. The second kappa shape index (κ2) is 5.47. The summed E-state index contributed by atoms with van der Waals surface area (Å²) in [6, 6.07) is 11.0. The molecule has 0 aliphatic rings. The van der Waals surface area contributed by atoms with Crippen LogP contribution < -0.4 is 0 Å². The van der Waals surface area contributed by atoms with E-state index in [1.165, 1.54) is 0 Å². The van der Waals surface area contributed by atoms with Gasteiger partial charge in [-0.2, -0.15) is 5.26 Å². The van der Waals surface area contributed by atoms with Crippen LogP contribution in [0.25, 0.3) is 16.7 Å². The molecule has 104 valence electrons. The standard InChI is InChI=1S/C14H6BrCl2N3S/c15-8-2-4-10(13(17)12(8)16)20-11-5-7(6-18)1-3-9(11)19-14(20)21/h1-5H,(H,19,21). The topological polar surface area (TPSA) is 44.5 Å². The summed E-state index contributed by atoms with van der Waals surface area (Å²) in [6.07, 6.45) is 0. The molecule has 0 spiro atoms. The lowest BCUT2D eigenvalue weighted by atomic mass is 10.2. The van der Waals surface area contributed by atoms with Crippen molar-refractivity contribution in [1.82, 2.24) is 9.55 Å². The molecule has 3 rings (SSSR count). The number of nitrogens with one attached hydrogen (secondary N) is 1. The number of H-pyrrole nitrogens is 1. The fourth-order valence-electron chi connectivity index (χ4n) is 2.10. The van der Waals surface area contributed by atoms with Crippen LogP contribution in [0.5, 0.6) is 0 Å². The van der Waals surface area contributed by atoms with E-state index in [1.807, 2.05) is 12.1 Å². The van der Waals surface area contributed by atoms with Crippen molar-refractivity contribution in [2.45, 2.75) is 0 Å². The molecule has 0 saturated carbocycles. The van der Waals surface area contributed by atoms with Gasteiger partial charge in [-0.25, -0.2) is 0 Å². The minimum Gasteiger partial charge on any atom is -0.330 e. The maximum absolute atomic E-state index is 9.05. The molecule has 2 aromatic carbocycles. The highest BCUT2D eigenvalue weighted by Crippen LogP contribution is 2.36. The molecular weight excluding hydrogens is 393 g/mol. The summed E-state index contributed by atoms with van der Waals surface area (Å²) in [5.74, 6) is 0. The van der Waals surface area contributed by atoms with Crippen molar-refractivity contribution >= 4 is 62.4 Å². The number of imidazole rings is 1. The first-order chi connectivity index (χ1) is 10.0. The molecule has 0 saturated heterocycles. The smallest absolute Gasteiger partial charge is 0.182 e. The lowest BCUT2D eigenvalue weighted by molar-refractivity contribution is 1.06. The number of benzene rings is 2. The Morgan fingerprint density at radius 3 is 2.67 bits per heavy atom. The van der Waals surface area contributed by atoms with Crippen LogP contribution in [0.4, 0.5) is 0 Å². The molecule has 1 heterocycles.